The number of imidazole rings is 1. The first kappa shape index (κ1) is 23.4. The lowest BCUT2D eigenvalue weighted by molar-refractivity contribution is 0.0994. The van der Waals surface area contributed by atoms with Gasteiger partial charge in [0.15, 0.2) is 0 Å². The number of aliphatic hydroxyl groups excluding tert-OH is 1. The topological polar surface area (TPSA) is 110 Å². The third-order valence-electron chi connectivity index (χ3n) is 7.51. The molecule has 1 aliphatic rings. The third kappa shape index (κ3) is 4.27. The van der Waals surface area contributed by atoms with Crippen LogP contribution in [0.15, 0.2) is 54.6 Å². The van der Waals surface area contributed by atoms with E-state index >= 15 is 0 Å². The summed E-state index contributed by atoms with van der Waals surface area (Å²) in [6.45, 7) is 1.96. The highest BCUT2D eigenvalue weighted by atomic mass is 19.1. The van der Waals surface area contributed by atoms with Crippen LogP contribution in [0, 0.1) is 18.7 Å². The highest BCUT2D eigenvalue weighted by molar-refractivity contribution is 5.98. The van der Waals surface area contributed by atoms with E-state index < -0.39 is 5.91 Å². The number of carbonyl (C=O) groups is 1. The number of fused-ring (bicyclic) bond motifs is 2. The molecule has 7 nitrogen and oxygen atoms in total. The van der Waals surface area contributed by atoms with Crippen molar-refractivity contribution in [1.82, 2.24) is 19.7 Å². The number of nitrogens with one attached hydrogen (secondary N) is 1. The zero-order chi connectivity index (χ0) is 25.7. The Kier molecular flexibility index (Phi) is 5.76. The summed E-state index contributed by atoms with van der Waals surface area (Å²) in [5.74, 6) is 0.294. The van der Waals surface area contributed by atoms with Crippen LogP contribution in [0.2, 0.25) is 0 Å². The molecule has 0 atom stereocenters. The van der Waals surface area contributed by atoms with Crippen molar-refractivity contribution >= 4 is 27.8 Å². The van der Waals surface area contributed by atoms with Crippen molar-refractivity contribution in [2.75, 3.05) is 0 Å². The number of aliphatic hydroxyl groups is 1. The van der Waals surface area contributed by atoms with Gasteiger partial charge in [-0.25, -0.2) is 14.1 Å². The van der Waals surface area contributed by atoms with Crippen LogP contribution in [0.4, 0.5) is 4.39 Å². The Morgan fingerprint density at radius 1 is 1.14 bits per heavy atom. The maximum atomic E-state index is 13.7. The second-order valence-electron chi connectivity index (χ2n) is 10.0. The van der Waals surface area contributed by atoms with Crippen molar-refractivity contribution in [1.29, 1.82) is 0 Å². The fourth-order valence-electron chi connectivity index (χ4n) is 5.64. The van der Waals surface area contributed by atoms with Gasteiger partial charge in [-0.2, -0.15) is 5.10 Å². The van der Waals surface area contributed by atoms with Crippen molar-refractivity contribution in [2.45, 2.75) is 45.1 Å². The summed E-state index contributed by atoms with van der Waals surface area (Å²) in [6, 6.07) is 16.1. The molecule has 0 saturated heterocycles. The Bertz CT molecular complexity index is 1650. The number of hydrogen-bond donors (Lipinski definition) is 3. The standard InChI is InChI=1S/C29H28FN5O2/c1-16-27-23(29-32-24-12-7-19(30)15-25(24)33-29)3-2-4-26(27)35(34-16)20-8-11-22(28(31)37)18(14-20)13-17-5-9-21(36)10-6-17/h2-4,7-8,11-12,14-15,17,21,36H,5-6,9-10,13H2,1H3,(H2,31,37)(H,32,33). The monoisotopic (exact) mass is 497 g/mol. The van der Waals surface area contributed by atoms with Crippen LogP contribution in [0.3, 0.4) is 0 Å². The zero-order valence-corrected chi connectivity index (χ0v) is 20.5. The van der Waals surface area contributed by atoms with E-state index in [1.54, 1.807) is 12.1 Å². The molecule has 0 spiro atoms. The van der Waals surface area contributed by atoms with Gasteiger partial charge in [-0.1, -0.05) is 12.1 Å². The quantitative estimate of drug-likeness (QED) is 0.310. The normalized spacial score (nSPS) is 18.0. The second-order valence-corrected chi connectivity index (χ2v) is 10.0. The number of primary amides is 1. The summed E-state index contributed by atoms with van der Waals surface area (Å²) in [4.78, 5) is 20.1. The molecule has 1 fully saturated rings. The summed E-state index contributed by atoms with van der Waals surface area (Å²) in [5, 5.41) is 15.7. The van der Waals surface area contributed by atoms with Crippen molar-refractivity contribution in [3.63, 3.8) is 0 Å². The number of nitrogens with two attached hydrogens (primary N) is 1. The van der Waals surface area contributed by atoms with E-state index in [2.05, 4.69) is 9.97 Å². The number of rotatable bonds is 5. The van der Waals surface area contributed by atoms with Crippen LogP contribution >= 0.6 is 0 Å². The first-order valence-corrected chi connectivity index (χ1v) is 12.6. The molecule has 0 bridgehead atoms. The minimum absolute atomic E-state index is 0.225. The SMILES string of the molecule is Cc1nn(-c2ccc(C(N)=O)c(CC3CCC(O)CC3)c2)c2cccc(-c3nc4ccc(F)cc4[nH]3)c12. The predicted molar refractivity (Wildman–Crippen MR) is 141 cm³/mol. The number of benzene rings is 3. The minimum atomic E-state index is -0.442. The fraction of sp³-hybridized carbons (Fsp3) is 0.276. The molecule has 0 unspecified atom stereocenters. The van der Waals surface area contributed by atoms with Crippen LogP contribution in [0.25, 0.3) is 39.0 Å². The molecule has 2 heterocycles. The van der Waals surface area contributed by atoms with Gasteiger partial charge in [0.1, 0.15) is 11.6 Å². The van der Waals surface area contributed by atoms with Crippen molar-refractivity contribution in [2.24, 2.45) is 11.7 Å². The fourth-order valence-corrected chi connectivity index (χ4v) is 5.64. The predicted octanol–water partition coefficient (Wildman–Crippen LogP) is 5.21. The summed E-state index contributed by atoms with van der Waals surface area (Å²) in [5.41, 5.74) is 11.9. The minimum Gasteiger partial charge on any atom is -0.393 e. The molecule has 2 aromatic heterocycles. The molecule has 4 N–H and O–H groups in total. The lowest BCUT2D eigenvalue weighted by atomic mass is 9.82. The number of H-pyrrole nitrogens is 1. The maximum absolute atomic E-state index is 13.7. The molecule has 0 aliphatic heterocycles. The van der Waals surface area contributed by atoms with E-state index in [0.29, 0.717) is 28.3 Å². The lowest BCUT2D eigenvalue weighted by Crippen LogP contribution is -2.21. The third-order valence-corrected chi connectivity index (χ3v) is 7.51. The van der Waals surface area contributed by atoms with E-state index in [1.165, 1.54) is 12.1 Å². The van der Waals surface area contributed by atoms with Crippen molar-refractivity contribution in [3.05, 3.63) is 77.2 Å². The largest absolute Gasteiger partial charge is 0.393 e. The molecule has 5 aromatic rings. The van der Waals surface area contributed by atoms with Gasteiger partial charge in [-0.15, -0.1) is 0 Å². The Morgan fingerprint density at radius 3 is 2.73 bits per heavy atom. The van der Waals surface area contributed by atoms with Gasteiger partial charge in [0.05, 0.1) is 34.0 Å². The number of hydrogen-bond acceptors (Lipinski definition) is 4. The van der Waals surface area contributed by atoms with Crippen molar-refractivity contribution in [3.8, 4) is 17.1 Å². The maximum Gasteiger partial charge on any atom is 0.248 e. The van der Waals surface area contributed by atoms with Gasteiger partial charge < -0.3 is 15.8 Å². The van der Waals surface area contributed by atoms with Gasteiger partial charge in [0, 0.05) is 16.5 Å². The van der Waals surface area contributed by atoms with E-state index in [-0.39, 0.29) is 11.9 Å². The number of aromatic nitrogens is 4. The molecule has 8 heteroatoms. The first-order valence-electron chi connectivity index (χ1n) is 12.6. The molecule has 0 radical (unpaired) electrons. The molecule has 6 rings (SSSR count). The summed E-state index contributed by atoms with van der Waals surface area (Å²) < 4.78 is 15.6. The Morgan fingerprint density at radius 2 is 1.95 bits per heavy atom. The highest BCUT2D eigenvalue weighted by Crippen LogP contribution is 2.33. The van der Waals surface area contributed by atoms with E-state index in [9.17, 15) is 14.3 Å². The summed E-state index contributed by atoms with van der Waals surface area (Å²) in [7, 11) is 0. The molecule has 1 aliphatic carbocycles. The van der Waals surface area contributed by atoms with Gasteiger partial charge in [0.25, 0.3) is 0 Å². The van der Waals surface area contributed by atoms with Crippen LogP contribution in [-0.2, 0) is 6.42 Å². The van der Waals surface area contributed by atoms with Crippen LogP contribution in [0.5, 0.6) is 0 Å². The Hall–Kier alpha value is -4.04. The molecule has 37 heavy (non-hydrogen) atoms. The number of aryl methyl sites for hydroxylation is 1. The molecular weight excluding hydrogens is 469 g/mol. The molecule has 3 aromatic carbocycles. The zero-order valence-electron chi connectivity index (χ0n) is 20.5. The number of nitrogens with zero attached hydrogens (tertiary/aromatic N) is 3. The van der Waals surface area contributed by atoms with E-state index in [1.807, 2.05) is 41.9 Å². The Labute approximate surface area is 213 Å². The summed E-state index contributed by atoms with van der Waals surface area (Å²) >= 11 is 0. The average molecular weight is 498 g/mol. The highest BCUT2D eigenvalue weighted by Gasteiger charge is 2.23. The summed E-state index contributed by atoms with van der Waals surface area (Å²) in [6.07, 6.45) is 3.94. The van der Waals surface area contributed by atoms with Crippen LogP contribution < -0.4 is 5.73 Å². The number of aromatic amines is 1. The second kappa shape index (κ2) is 9.12. The first-order chi connectivity index (χ1) is 17.9. The number of carbonyl (C=O) groups excluding carboxylic acids is 1. The molecule has 188 valence electrons. The van der Waals surface area contributed by atoms with Crippen LogP contribution in [-0.4, -0.2) is 36.9 Å². The number of halogens is 1. The van der Waals surface area contributed by atoms with Gasteiger partial charge in [-0.05, 0) is 93.0 Å². The van der Waals surface area contributed by atoms with E-state index in [0.717, 1.165) is 65.5 Å². The number of amides is 1. The lowest BCUT2D eigenvalue weighted by Gasteiger charge is -2.26. The molecule has 1 amide bonds. The Balaban J connectivity index is 1.43. The van der Waals surface area contributed by atoms with Crippen LogP contribution in [0.1, 0.15) is 47.3 Å². The van der Waals surface area contributed by atoms with Gasteiger partial charge >= 0.3 is 0 Å². The van der Waals surface area contributed by atoms with Gasteiger partial charge in [-0.3, -0.25) is 4.79 Å². The average Bonchev–Trinajstić information content (AvgIpc) is 3.46. The van der Waals surface area contributed by atoms with E-state index in [4.69, 9.17) is 10.8 Å². The van der Waals surface area contributed by atoms with Crippen molar-refractivity contribution < 1.29 is 14.3 Å². The molecular formula is C29H28FN5O2. The van der Waals surface area contributed by atoms with Gasteiger partial charge in [0.2, 0.25) is 5.91 Å². The molecule has 1 saturated carbocycles. The smallest absolute Gasteiger partial charge is 0.248 e.